The number of nitrogens with zero attached hydrogens (tertiary/aromatic N) is 1. The van der Waals surface area contributed by atoms with Crippen molar-refractivity contribution in [1.29, 1.82) is 0 Å². The van der Waals surface area contributed by atoms with Gasteiger partial charge in [0.2, 0.25) is 5.91 Å². The van der Waals surface area contributed by atoms with Crippen molar-refractivity contribution >= 4 is 23.2 Å². The normalized spacial score (nSPS) is 13.9. The first-order valence-corrected chi connectivity index (χ1v) is 5.29. The monoisotopic (exact) mass is 274 g/mol. The van der Waals surface area contributed by atoms with Crippen LogP contribution in [-0.2, 0) is 4.79 Å². The summed E-state index contributed by atoms with van der Waals surface area (Å²) < 4.78 is 0. The van der Waals surface area contributed by atoms with E-state index in [1.807, 2.05) is 0 Å². The average Bonchev–Trinajstić information content (AvgIpc) is 2.26. The molecule has 2 atom stereocenters. The zero-order valence-corrected chi connectivity index (χ0v) is 9.87. The van der Waals surface area contributed by atoms with Crippen LogP contribution in [0.3, 0.4) is 0 Å². The molecule has 0 saturated carbocycles. The number of primary amides is 1. The van der Waals surface area contributed by atoms with Crippen LogP contribution in [0.5, 0.6) is 0 Å². The van der Waals surface area contributed by atoms with E-state index in [-0.39, 0.29) is 16.3 Å². The Labute approximate surface area is 107 Å². The van der Waals surface area contributed by atoms with Crippen LogP contribution in [0, 0.1) is 10.1 Å². The number of nitrogens with two attached hydrogens (primary N) is 1. The first-order valence-electron chi connectivity index (χ1n) is 4.91. The number of carbonyl (C=O) groups excluding carboxylic acids is 1. The second-order valence-electron chi connectivity index (χ2n) is 3.65. The maximum Gasteiger partial charge on any atom is 0.270 e. The van der Waals surface area contributed by atoms with Crippen LogP contribution in [0.25, 0.3) is 0 Å². The maximum atomic E-state index is 10.6. The Balaban J connectivity index is 2.96. The molecule has 1 aromatic carbocycles. The summed E-state index contributed by atoms with van der Waals surface area (Å²) in [5.74, 6) is -0.778. The molecule has 98 valence electrons. The Morgan fingerprint density at radius 3 is 2.56 bits per heavy atom. The predicted molar refractivity (Wildman–Crippen MR) is 62.9 cm³/mol. The number of aliphatic hydroxyl groups excluding tert-OH is 2. The van der Waals surface area contributed by atoms with Crippen molar-refractivity contribution in [2.75, 3.05) is 0 Å². The predicted octanol–water partition coefficient (Wildman–Crippen LogP) is 0.518. The highest BCUT2D eigenvalue weighted by Gasteiger charge is 2.23. The summed E-state index contributed by atoms with van der Waals surface area (Å²) in [5, 5.41) is 29.7. The number of nitro benzene ring substituents is 1. The van der Waals surface area contributed by atoms with E-state index in [1.54, 1.807) is 0 Å². The maximum absolute atomic E-state index is 10.6. The fourth-order valence-corrected chi connectivity index (χ4v) is 1.68. The zero-order chi connectivity index (χ0) is 13.9. The van der Waals surface area contributed by atoms with Crippen LogP contribution >= 0.6 is 11.6 Å². The number of amides is 1. The van der Waals surface area contributed by atoms with Crippen LogP contribution in [0.1, 0.15) is 18.1 Å². The van der Waals surface area contributed by atoms with Gasteiger partial charge in [0.25, 0.3) is 5.69 Å². The number of benzene rings is 1. The van der Waals surface area contributed by atoms with Gasteiger partial charge in [0.1, 0.15) is 6.10 Å². The van der Waals surface area contributed by atoms with E-state index in [4.69, 9.17) is 17.3 Å². The van der Waals surface area contributed by atoms with Crippen molar-refractivity contribution < 1.29 is 19.9 Å². The quantitative estimate of drug-likeness (QED) is 0.533. The summed E-state index contributed by atoms with van der Waals surface area (Å²) in [5.41, 5.74) is 4.74. The lowest BCUT2D eigenvalue weighted by atomic mass is 10.0. The lowest BCUT2D eigenvalue weighted by Crippen LogP contribution is -2.25. The van der Waals surface area contributed by atoms with Gasteiger partial charge in [-0.2, -0.15) is 0 Å². The molecule has 0 fully saturated rings. The number of non-ortho nitro benzene ring substituents is 1. The highest BCUT2D eigenvalue weighted by atomic mass is 35.5. The number of hydrogen-bond donors (Lipinski definition) is 3. The molecule has 0 aliphatic heterocycles. The Morgan fingerprint density at radius 1 is 1.50 bits per heavy atom. The molecule has 0 bridgehead atoms. The Kier molecular flexibility index (Phi) is 4.60. The van der Waals surface area contributed by atoms with Crippen LogP contribution in [0.2, 0.25) is 5.02 Å². The van der Waals surface area contributed by atoms with Gasteiger partial charge in [-0.05, 0) is 6.07 Å². The standard InChI is InChI=1S/C10H11ClN2O5/c11-7-3-5(13(17)18)1-2-6(7)10(16)8(14)4-9(12)15/h1-3,8,10,14,16H,4H2,(H2,12,15). The highest BCUT2D eigenvalue weighted by Crippen LogP contribution is 2.29. The van der Waals surface area contributed by atoms with Crippen molar-refractivity contribution in [3.63, 3.8) is 0 Å². The van der Waals surface area contributed by atoms with Crippen molar-refractivity contribution in [3.8, 4) is 0 Å². The van der Waals surface area contributed by atoms with Gasteiger partial charge in [-0.3, -0.25) is 14.9 Å². The fraction of sp³-hybridized carbons (Fsp3) is 0.300. The summed E-state index contributed by atoms with van der Waals surface area (Å²) in [6.45, 7) is 0. The van der Waals surface area contributed by atoms with E-state index < -0.39 is 29.5 Å². The molecule has 2 unspecified atom stereocenters. The summed E-state index contributed by atoms with van der Waals surface area (Å²) in [7, 11) is 0. The van der Waals surface area contributed by atoms with Crippen LogP contribution in [-0.4, -0.2) is 27.1 Å². The molecular formula is C10H11ClN2O5. The minimum absolute atomic E-state index is 0.0692. The van der Waals surface area contributed by atoms with Crippen molar-refractivity contribution in [3.05, 3.63) is 38.9 Å². The topological polar surface area (TPSA) is 127 Å². The number of rotatable bonds is 5. The lowest BCUT2D eigenvalue weighted by Gasteiger charge is -2.17. The van der Waals surface area contributed by atoms with Gasteiger partial charge >= 0.3 is 0 Å². The third kappa shape index (κ3) is 3.39. The third-order valence-corrected chi connectivity index (χ3v) is 2.62. The molecule has 0 aliphatic rings. The fourth-order valence-electron chi connectivity index (χ4n) is 1.39. The third-order valence-electron chi connectivity index (χ3n) is 2.29. The number of aliphatic hydroxyl groups is 2. The van der Waals surface area contributed by atoms with E-state index in [0.717, 1.165) is 12.1 Å². The van der Waals surface area contributed by atoms with Gasteiger partial charge in [-0.1, -0.05) is 11.6 Å². The van der Waals surface area contributed by atoms with E-state index in [0.29, 0.717) is 0 Å². The number of halogens is 1. The molecule has 0 saturated heterocycles. The SMILES string of the molecule is NC(=O)CC(O)C(O)c1ccc([N+](=O)[O-])cc1Cl. The summed E-state index contributed by atoms with van der Waals surface area (Å²) in [6, 6.07) is 3.41. The molecule has 7 nitrogen and oxygen atoms in total. The van der Waals surface area contributed by atoms with Gasteiger partial charge in [0.05, 0.1) is 22.5 Å². The molecule has 4 N–H and O–H groups in total. The number of hydrogen-bond acceptors (Lipinski definition) is 5. The molecule has 1 rings (SSSR count). The van der Waals surface area contributed by atoms with Crippen molar-refractivity contribution in [2.24, 2.45) is 5.73 Å². The molecule has 8 heteroatoms. The van der Waals surface area contributed by atoms with Crippen LogP contribution in [0.4, 0.5) is 5.69 Å². The lowest BCUT2D eigenvalue weighted by molar-refractivity contribution is -0.384. The van der Waals surface area contributed by atoms with Gasteiger partial charge in [0.15, 0.2) is 0 Å². The van der Waals surface area contributed by atoms with E-state index in [2.05, 4.69) is 0 Å². The van der Waals surface area contributed by atoms with E-state index in [1.165, 1.54) is 6.07 Å². The van der Waals surface area contributed by atoms with Gasteiger partial charge in [-0.25, -0.2) is 0 Å². The molecule has 1 amide bonds. The second-order valence-corrected chi connectivity index (χ2v) is 4.05. The minimum Gasteiger partial charge on any atom is -0.390 e. The van der Waals surface area contributed by atoms with Gasteiger partial charge < -0.3 is 15.9 Å². The largest absolute Gasteiger partial charge is 0.390 e. The average molecular weight is 275 g/mol. The highest BCUT2D eigenvalue weighted by molar-refractivity contribution is 6.31. The van der Waals surface area contributed by atoms with Crippen LogP contribution < -0.4 is 5.73 Å². The van der Waals surface area contributed by atoms with E-state index in [9.17, 15) is 25.1 Å². The molecule has 0 spiro atoms. The molecule has 0 aromatic heterocycles. The molecule has 1 aromatic rings. The van der Waals surface area contributed by atoms with E-state index >= 15 is 0 Å². The summed E-state index contributed by atoms with van der Waals surface area (Å²) in [4.78, 5) is 20.5. The van der Waals surface area contributed by atoms with Crippen LogP contribution in [0.15, 0.2) is 18.2 Å². The Morgan fingerprint density at radius 2 is 2.11 bits per heavy atom. The summed E-state index contributed by atoms with van der Waals surface area (Å²) in [6.07, 6.45) is -3.29. The molecular weight excluding hydrogens is 264 g/mol. The molecule has 0 heterocycles. The number of carbonyl (C=O) groups is 1. The molecule has 0 aliphatic carbocycles. The first-order chi connectivity index (χ1) is 8.32. The number of nitro groups is 1. The smallest absolute Gasteiger partial charge is 0.270 e. The first kappa shape index (κ1) is 14.4. The molecule has 18 heavy (non-hydrogen) atoms. The van der Waals surface area contributed by atoms with Gasteiger partial charge in [-0.15, -0.1) is 0 Å². The zero-order valence-electron chi connectivity index (χ0n) is 9.12. The van der Waals surface area contributed by atoms with Crippen molar-refractivity contribution in [2.45, 2.75) is 18.6 Å². The second kappa shape index (κ2) is 5.76. The Bertz CT molecular complexity index is 479. The summed E-state index contributed by atoms with van der Waals surface area (Å²) >= 11 is 5.76. The molecule has 0 radical (unpaired) electrons. The minimum atomic E-state index is -1.44. The van der Waals surface area contributed by atoms with Gasteiger partial charge in [0, 0.05) is 17.7 Å². The Hall–Kier alpha value is -1.70. The van der Waals surface area contributed by atoms with Crippen molar-refractivity contribution in [1.82, 2.24) is 0 Å².